The van der Waals surface area contributed by atoms with E-state index in [1.807, 2.05) is 30.3 Å². The largest absolute Gasteiger partial charge is 0.382 e. The molecule has 2 heterocycles. The van der Waals surface area contributed by atoms with E-state index < -0.39 is 6.10 Å². The lowest BCUT2D eigenvalue weighted by molar-refractivity contribution is -0.141. The highest BCUT2D eigenvalue weighted by molar-refractivity contribution is 6.04. The fraction of sp³-hybridized carbons (Fsp3) is 0.400. The molecule has 1 aromatic rings. The van der Waals surface area contributed by atoms with Crippen molar-refractivity contribution in [1.82, 2.24) is 10.2 Å². The topological polar surface area (TPSA) is 71.0 Å². The zero-order chi connectivity index (χ0) is 14.7. The second-order valence-electron chi connectivity index (χ2n) is 5.13. The summed E-state index contributed by atoms with van der Waals surface area (Å²) in [6.45, 7) is 1.44. The van der Waals surface area contributed by atoms with Crippen molar-refractivity contribution >= 4 is 17.5 Å². The first kappa shape index (κ1) is 13.6. The number of carbonyl (C=O) groups is 2. The lowest BCUT2D eigenvalue weighted by Crippen LogP contribution is -2.41. The zero-order valence-electron chi connectivity index (χ0n) is 11.6. The zero-order valence-corrected chi connectivity index (χ0v) is 11.6. The van der Waals surface area contributed by atoms with Crippen LogP contribution in [-0.4, -0.2) is 48.2 Å². The van der Waals surface area contributed by atoms with Gasteiger partial charge in [-0.25, -0.2) is 0 Å². The fourth-order valence-electron chi connectivity index (χ4n) is 2.50. The van der Waals surface area contributed by atoms with Crippen LogP contribution in [0.2, 0.25) is 0 Å². The van der Waals surface area contributed by atoms with Crippen LogP contribution in [0.4, 0.5) is 0 Å². The van der Waals surface area contributed by atoms with Crippen molar-refractivity contribution in [2.45, 2.75) is 18.9 Å². The van der Waals surface area contributed by atoms with Crippen molar-refractivity contribution in [2.24, 2.45) is 5.16 Å². The van der Waals surface area contributed by atoms with Crippen molar-refractivity contribution in [2.75, 3.05) is 19.6 Å². The normalized spacial score (nSPS) is 22.1. The Labute approximate surface area is 122 Å². The Hall–Kier alpha value is -2.37. The van der Waals surface area contributed by atoms with Gasteiger partial charge in [0, 0.05) is 32.5 Å². The van der Waals surface area contributed by atoms with E-state index in [1.165, 1.54) is 0 Å². The monoisotopic (exact) mass is 287 g/mol. The molecule has 0 aliphatic carbocycles. The Morgan fingerprint density at radius 2 is 2.10 bits per heavy atom. The first-order valence-corrected chi connectivity index (χ1v) is 7.07. The van der Waals surface area contributed by atoms with E-state index in [0.29, 0.717) is 32.5 Å². The molecule has 6 heteroatoms. The van der Waals surface area contributed by atoms with Crippen LogP contribution < -0.4 is 5.32 Å². The average molecular weight is 287 g/mol. The lowest BCUT2D eigenvalue weighted by atomic mass is 10.0. The second-order valence-corrected chi connectivity index (χ2v) is 5.13. The van der Waals surface area contributed by atoms with Gasteiger partial charge in [-0.1, -0.05) is 35.5 Å². The summed E-state index contributed by atoms with van der Waals surface area (Å²) in [6.07, 6.45) is 0.236. The maximum atomic E-state index is 12.4. The van der Waals surface area contributed by atoms with Crippen LogP contribution >= 0.6 is 0 Å². The minimum Gasteiger partial charge on any atom is -0.382 e. The summed E-state index contributed by atoms with van der Waals surface area (Å²) in [4.78, 5) is 30.7. The van der Waals surface area contributed by atoms with Crippen LogP contribution in [-0.2, 0) is 14.4 Å². The molecule has 1 atom stereocenters. The third kappa shape index (κ3) is 3.04. The summed E-state index contributed by atoms with van der Waals surface area (Å²) < 4.78 is 0. The fourth-order valence-corrected chi connectivity index (χ4v) is 2.50. The number of nitrogens with one attached hydrogen (secondary N) is 1. The van der Waals surface area contributed by atoms with E-state index in [1.54, 1.807) is 4.90 Å². The van der Waals surface area contributed by atoms with Crippen LogP contribution in [0, 0.1) is 0 Å². The van der Waals surface area contributed by atoms with Gasteiger partial charge in [-0.15, -0.1) is 0 Å². The van der Waals surface area contributed by atoms with E-state index in [-0.39, 0.29) is 11.8 Å². The van der Waals surface area contributed by atoms with Gasteiger partial charge in [0.05, 0.1) is 5.71 Å². The quantitative estimate of drug-likeness (QED) is 0.862. The number of carbonyl (C=O) groups excluding carboxylic acids is 2. The van der Waals surface area contributed by atoms with E-state index >= 15 is 0 Å². The standard InChI is InChI=1S/C15H17N3O3/c19-14-6-8-18(9-7-16-14)15(20)13-10-12(17-21-13)11-4-2-1-3-5-11/h1-5,13H,6-10H2,(H,16,19). The van der Waals surface area contributed by atoms with Crippen LogP contribution in [0.3, 0.4) is 0 Å². The van der Waals surface area contributed by atoms with Gasteiger partial charge >= 0.3 is 0 Å². The number of oxime groups is 1. The number of nitrogens with zero attached hydrogens (tertiary/aromatic N) is 2. The van der Waals surface area contributed by atoms with Gasteiger partial charge in [0.15, 0.2) is 0 Å². The minimum absolute atomic E-state index is 0.0149. The highest BCUT2D eigenvalue weighted by Gasteiger charge is 2.33. The molecule has 2 aliphatic rings. The van der Waals surface area contributed by atoms with Crippen LogP contribution in [0.1, 0.15) is 18.4 Å². The van der Waals surface area contributed by atoms with Gasteiger partial charge in [-0.2, -0.15) is 0 Å². The van der Waals surface area contributed by atoms with Crippen molar-refractivity contribution in [3.63, 3.8) is 0 Å². The van der Waals surface area contributed by atoms with Crippen LogP contribution in [0.5, 0.6) is 0 Å². The SMILES string of the molecule is O=C1CCN(C(=O)C2CC(c3ccccc3)=NO2)CCN1. The number of benzene rings is 1. The summed E-state index contributed by atoms with van der Waals surface area (Å²) in [5, 5.41) is 6.78. The number of amides is 2. The molecule has 1 unspecified atom stereocenters. The molecule has 1 N–H and O–H groups in total. The number of hydrogen-bond acceptors (Lipinski definition) is 4. The molecule has 1 fully saturated rings. The number of rotatable bonds is 2. The van der Waals surface area contributed by atoms with Gasteiger partial charge in [-0.05, 0) is 5.56 Å². The molecule has 1 saturated heterocycles. The molecule has 0 saturated carbocycles. The Morgan fingerprint density at radius 3 is 2.90 bits per heavy atom. The van der Waals surface area contributed by atoms with Crippen LogP contribution in [0.25, 0.3) is 0 Å². The van der Waals surface area contributed by atoms with E-state index in [9.17, 15) is 9.59 Å². The molecular weight excluding hydrogens is 270 g/mol. The molecule has 0 radical (unpaired) electrons. The minimum atomic E-state index is -0.576. The van der Waals surface area contributed by atoms with Gasteiger partial charge in [-0.3, -0.25) is 9.59 Å². The Balaban J connectivity index is 1.62. The highest BCUT2D eigenvalue weighted by Crippen LogP contribution is 2.18. The number of hydrogen-bond donors (Lipinski definition) is 1. The van der Waals surface area contributed by atoms with E-state index in [0.717, 1.165) is 11.3 Å². The average Bonchev–Trinajstić information content (AvgIpc) is 2.91. The molecule has 2 amide bonds. The molecule has 0 spiro atoms. The molecule has 1 aromatic carbocycles. The molecule has 6 nitrogen and oxygen atoms in total. The van der Waals surface area contributed by atoms with Gasteiger partial charge < -0.3 is 15.1 Å². The molecule has 21 heavy (non-hydrogen) atoms. The molecule has 110 valence electrons. The third-order valence-electron chi connectivity index (χ3n) is 3.68. The van der Waals surface area contributed by atoms with Gasteiger partial charge in [0.1, 0.15) is 0 Å². The van der Waals surface area contributed by atoms with Crippen molar-refractivity contribution in [3.8, 4) is 0 Å². The summed E-state index contributed by atoms with van der Waals surface area (Å²) in [5.74, 6) is -0.111. The van der Waals surface area contributed by atoms with Gasteiger partial charge in [0.2, 0.25) is 12.0 Å². The van der Waals surface area contributed by atoms with Crippen molar-refractivity contribution in [3.05, 3.63) is 35.9 Å². The van der Waals surface area contributed by atoms with Gasteiger partial charge in [0.25, 0.3) is 5.91 Å². The van der Waals surface area contributed by atoms with Crippen molar-refractivity contribution < 1.29 is 14.4 Å². The lowest BCUT2D eigenvalue weighted by Gasteiger charge is -2.21. The predicted octanol–water partition coefficient (Wildman–Crippen LogP) is 0.528. The summed E-state index contributed by atoms with van der Waals surface area (Å²) >= 11 is 0. The molecule has 3 rings (SSSR count). The van der Waals surface area contributed by atoms with Crippen molar-refractivity contribution in [1.29, 1.82) is 0 Å². The smallest absolute Gasteiger partial charge is 0.266 e. The second kappa shape index (κ2) is 5.95. The molecule has 0 bridgehead atoms. The van der Waals surface area contributed by atoms with E-state index in [2.05, 4.69) is 10.5 Å². The Morgan fingerprint density at radius 1 is 1.29 bits per heavy atom. The summed E-state index contributed by atoms with van der Waals surface area (Å²) in [6, 6.07) is 9.69. The molecule has 0 aromatic heterocycles. The predicted molar refractivity (Wildman–Crippen MR) is 76.7 cm³/mol. The highest BCUT2D eigenvalue weighted by atomic mass is 16.6. The summed E-state index contributed by atoms with van der Waals surface area (Å²) in [7, 11) is 0. The molecular formula is C15H17N3O3. The van der Waals surface area contributed by atoms with E-state index in [4.69, 9.17) is 4.84 Å². The Kier molecular flexibility index (Phi) is 3.85. The maximum absolute atomic E-state index is 12.4. The maximum Gasteiger partial charge on any atom is 0.266 e. The Bertz CT molecular complexity index is 571. The first-order chi connectivity index (χ1) is 10.2. The first-order valence-electron chi connectivity index (χ1n) is 7.07. The third-order valence-corrected chi connectivity index (χ3v) is 3.68. The molecule has 2 aliphatic heterocycles. The summed E-state index contributed by atoms with van der Waals surface area (Å²) in [5.41, 5.74) is 1.76. The van der Waals surface area contributed by atoms with Crippen LogP contribution in [0.15, 0.2) is 35.5 Å².